The van der Waals surface area contributed by atoms with Crippen molar-refractivity contribution in [1.29, 1.82) is 0 Å². The highest BCUT2D eigenvalue weighted by atomic mass is 15.2. The highest BCUT2D eigenvalue weighted by molar-refractivity contribution is 5.24. The van der Waals surface area contributed by atoms with Gasteiger partial charge in [-0.25, -0.2) is 0 Å². The van der Waals surface area contributed by atoms with Crippen LogP contribution in [-0.2, 0) is 0 Å². The van der Waals surface area contributed by atoms with Gasteiger partial charge in [-0.15, -0.1) is 0 Å². The van der Waals surface area contributed by atoms with Gasteiger partial charge in [0.25, 0.3) is 0 Å². The second kappa shape index (κ2) is 5.46. The van der Waals surface area contributed by atoms with Crippen LogP contribution in [0.4, 0.5) is 0 Å². The van der Waals surface area contributed by atoms with E-state index in [4.69, 9.17) is 0 Å². The van der Waals surface area contributed by atoms with Crippen LogP contribution in [0, 0.1) is 6.92 Å². The average molecular weight is 218 g/mol. The van der Waals surface area contributed by atoms with Crippen molar-refractivity contribution in [2.45, 2.75) is 26.3 Å². The molecule has 1 aromatic rings. The van der Waals surface area contributed by atoms with Crippen LogP contribution in [0.2, 0.25) is 0 Å². The fourth-order valence-corrected chi connectivity index (χ4v) is 2.39. The molecule has 1 aromatic carbocycles. The van der Waals surface area contributed by atoms with Crippen molar-refractivity contribution in [2.24, 2.45) is 0 Å². The van der Waals surface area contributed by atoms with E-state index in [1.165, 1.54) is 24.1 Å². The largest absolute Gasteiger partial charge is 0.315 e. The van der Waals surface area contributed by atoms with Gasteiger partial charge in [0.15, 0.2) is 0 Å². The Bertz CT molecular complexity index is 327. The van der Waals surface area contributed by atoms with E-state index in [2.05, 4.69) is 48.3 Å². The minimum Gasteiger partial charge on any atom is -0.315 e. The summed E-state index contributed by atoms with van der Waals surface area (Å²) in [5.41, 5.74) is 2.80. The Labute approximate surface area is 98.7 Å². The lowest BCUT2D eigenvalue weighted by molar-refractivity contribution is 0.225. The van der Waals surface area contributed by atoms with E-state index in [0.717, 1.165) is 19.6 Å². The molecular weight excluding hydrogens is 196 g/mol. The first-order chi connectivity index (χ1) is 7.77. The van der Waals surface area contributed by atoms with Gasteiger partial charge in [-0.2, -0.15) is 0 Å². The van der Waals surface area contributed by atoms with Gasteiger partial charge >= 0.3 is 0 Å². The molecule has 0 spiro atoms. The number of benzene rings is 1. The zero-order valence-electron chi connectivity index (χ0n) is 10.4. The maximum absolute atomic E-state index is 3.45. The fraction of sp³-hybridized carbons (Fsp3) is 0.571. The van der Waals surface area contributed by atoms with Crippen LogP contribution < -0.4 is 5.32 Å². The van der Waals surface area contributed by atoms with Crippen LogP contribution in [0.5, 0.6) is 0 Å². The van der Waals surface area contributed by atoms with Crippen molar-refractivity contribution in [1.82, 2.24) is 10.2 Å². The van der Waals surface area contributed by atoms with Gasteiger partial charge in [0, 0.05) is 19.1 Å². The molecule has 2 heteroatoms. The second-order valence-electron chi connectivity index (χ2n) is 4.73. The third kappa shape index (κ3) is 2.83. The van der Waals surface area contributed by atoms with Crippen LogP contribution in [0.1, 0.15) is 30.5 Å². The fourth-order valence-electron chi connectivity index (χ4n) is 2.39. The van der Waals surface area contributed by atoms with E-state index in [9.17, 15) is 0 Å². The molecule has 2 nitrogen and oxygen atoms in total. The Kier molecular flexibility index (Phi) is 3.97. The zero-order valence-corrected chi connectivity index (χ0v) is 10.4. The van der Waals surface area contributed by atoms with Crippen LogP contribution >= 0.6 is 0 Å². The Morgan fingerprint density at radius 3 is 2.94 bits per heavy atom. The van der Waals surface area contributed by atoms with Gasteiger partial charge in [0.1, 0.15) is 0 Å². The van der Waals surface area contributed by atoms with Crippen molar-refractivity contribution >= 4 is 0 Å². The second-order valence-corrected chi connectivity index (χ2v) is 4.73. The highest BCUT2D eigenvalue weighted by Crippen LogP contribution is 2.21. The minimum absolute atomic E-state index is 0.541. The number of aryl methyl sites for hydroxylation is 1. The van der Waals surface area contributed by atoms with Crippen LogP contribution in [0.25, 0.3) is 0 Å². The van der Waals surface area contributed by atoms with Crippen molar-refractivity contribution in [2.75, 3.05) is 26.2 Å². The molecular formula is C14H22N2. The average Bonchev–Trinajstić information content (AvgIpc) is 2.56. The van der Waals surface area contributed by atoms with Gasteiger partial charge < -0.3 is 5.32 Å². The third-order valence-electron chi connectivity index (χ3n) is 3.45. The molecule has 1 aliphatic rings. The molecule has 0 aliphatic carbocycles. The predicted octanol–water partition coefficient (Wildman–Crippen LogP) is 2.35. The first-order valence-corrected chi connectivity index (χ1v) is 6.29. The molecule has 1 saturated heterocycles. The first kappa shape index (κ1) is 11.6. The molecule has 16 heavy (non-hydrogen) atoms. The van der Waals surface area contributed by atoms with Crippen molar-refractivity contribution in [3.05, 3.63) is 35.4 Å². The molecule has 1 unspecified atom stereocenters. The molecule has 2 rings (SSSR count). The Morgan fingerprint density at radius 1 is 1.25 bits per heavy atom. The number of nitrogens with zero attached hydrogens (tertiary/aromatic N) is 1. The van der Waals surface area contributed by atoms with E-state index < -0.39 is 0 Å². The van der Waals surface area contributed by atoms with Crippen molar-refractivity contribution < 1.29 is 0 Å². The summed E-state index contributed by atoms with van der Waals surface area (Å²) >= 11 is 0. The van der Waals surface area contributed by atoms with E-state index in [0.29, 0.717) is 6.04 Å². The lowest BCUT2D eigenvalue weighted by atomic mass is 10.0. The van der Waals surface area contributed by atoms with Crippen molar-refractivity contribution in [3.8, 4) is 0 Å². The SMILES string of the molecule is Cc1cccc(C(C)N2CCCNCC2)c1. The van der Waals surface area contributed by atoms with Crippen LogP contribution in [0.15, 0.2) is 24.3 Å². The van der Waals surface area contributed by atoms with E-state index in [1.807, 2.05) is 0 Å². The molecule has 0 radical (unpaired) electrons. The molecule has 0 amide bonds. The Morgan fingerprint density at radius 2 is 2.12 bits per heavy atom. The topological polar surface area (TPSA) is 15.3 Å². The summed E-state index contributed by atoms with van der Waals surface area (Å²) in [4.78, 5) is 2.58. The summed E-state index contributed by atoms with van der Waals surface area (Å²) in [5, 5.41) is 3.45. The molecule has 1 N–H and O–H groups in total. The molecule has 1 aliphatic heterocycles. The number of hydrogen-bond donors (Lipinski definition) is 1. The molecule has 0 bridgehead atoms. The van der Waals surface area contributed by atoms with Gasteiger partial charge in [0.2, 0.25) is 0 Å². The molecule has 1 atom stereocenters. The third-order valence-corrected chi connectivity index (χ3v) is 3.45. The summed E-state index contributed by atoms with van der Waals surface area (Å²) in [7, 11) is 0. The van der Waals surface area contributed by atoms with Gasteiger partial charge in [-0.05, 0) is 38.9 Å². The monoisotopic (exact) mass is 218 g/mol. The zero-order chi connectivity index (χ0) is 11.4. The van der Waals surface area contributed by atoms with Gasteiger partial charge in [-0.1, -0.05) is 29.8 Å². The lowest BCUT2D eigenvalue weighted by Crippen LogP contribution is -2.30. The summed E-state index contributed by atoms with van der Waals surface area (Å²) < 4.78 is 0. The Hall–Kier alpha value is -0.860. The molecule has 88 valence electrons. The van der Waals surface area contributed by atoms with Crippen LogP contribution in [-0.4, -0.2) is 31.1 Å². The maximum atomic E-state index is 3.45. The minimum atomic E-state index is 0.541. The van der Waals surface area contributed by atoms with Crippen molar-refractivity contribution in [3.63, 3.8) is 0 Å². The first-order valence-electron chi connectivity index (χ1n) is 6.29. The molecule has 0 saturated carbocycles. The Balaban J connectivity index is 2.07. The molecule has 1 heterocycles. The summed E-state index contributed by atoms with van der Waals surface area (Å²) in [6, 6.07) is 9.43. The smallest absolute Gasteiger partial charge is 0.0320 e. The highest BCUT2D eigenvalue weighted by Gasteiger charge is 2.16. The van der Waals surface area contributed by atoms with E-state index >= 15 is 0 Å². The normalized spacial score (nSPS) is 20.4. The number of rotatable bonds is 2. The molecule has 0 aromatic heterocycles. The van der Waals surface area contributed by atoms with E-state index in [1.54, 1.807) is 0 Å². The molecule has 1 fully saturated rings. The number of hydrogen-bond acceptors (Lipinski definition) is 2. The lowest BCUT2D eigenvalue weighted by Gasteiger charge is -2.27. The summed E-state index contributed by atoms with van der Waals surface area (Å²) in [6.45, 7) is 9.14. The maximum Gasteiger partial charge on any atom is 0.0320 e. The predicted molar refractivity (Wildman–Crippen MR) is 68.7 cm³/mol. The van der Waals surface area contributed by atoms with Gasteiger partial charge in [-0.3, -0.25) is 4.90 Å². The standard InChI is InChI=1S/C14H22N2/c1-12-5-3-6-14(11-12)13(2)16-9-4-7-15-8-10-16/h3,5-6,11,13,15H,4,7-10H2,1-2H3. The van der Waals surface area contributed by atoms with Gasteiger partial charge in [0.05, 0.1) is 0 Å². The quantitative estimate of drug-likeness (QED) is 0.819. The summed E-state index contributed by atoms with van der Waals surface area (Å²) in [5.74, 6) is 0. The van der Waals surface area contributed by atoms with E-state index in [-0.39, 0.29) is 0 Å². The van der Waals surface area contributed by atoms with Crippen LogP contribution in [0.3, 0.4) is 0 Å². The number of nitrogens with one attached hydrogen (secondary N) is 1. The summed E-state index contributed by atoms with van der Waals surface area (Å²) in [6.07, 6.45) is 1.26.